The number of halogens is 1. The summed E-state index contributed by atoms with van der Waals surface area (Å²) in [5.41, 5.74) is 4.90. The maximum absolute atomic E-state index is 13.2. The number of benzene rings is 3. The molecule has 138 valence electrons. The van der Waals surface area contributed by atoms with Gasteiger partial charge in [-0.25, -0.2) is 4.39 Å². The summed E-state index contributed by atoms with van der Waals surface area (Å²) in [6.07, 6.45) is 3.53. The largest absolute Gasteiger partial charge is 0.340 e. The number of ketones is 1. The van der Waals surface area contributed by atoms with Crippen molar-refractivity contribution >= 4 is 22.8 Å². The van der Waals surface area contributed by atoms with Crippen molar-refractivity contribution in [3.63, 3.8) is 0 Å². The van der Waals surface area contributed by atoms with E-state index in [0.717, 1.165) is 27.7 Å². The summed E-state index contributed by atoms with van der Waals surface area (Å²) in [5.74, 6) is -0.253. The average Bonchev–Trinajstić information content (AvgIpc) is 3.00. The first-order valence-electron chi connectivity index (χ1n) is 9.23. The summed E-state index contributed by atoms with van der Waals surface area (Å²) in [6.45, 7) is 2.70. The number of aromatic nitrogens is 1. The number of carbonyl (C=O) groups is 1. The third kappa shape index (κ3) is 3.52. The minimum atomic E-state index is -0.235. The molecule has 3 heteroatoms. The summed E-state index contributed by atoms with van der Waals surface area (Å²) < 4.78 is 15.4. The number of allylic oxidation sites excluding steroid dienone is 1. The standard InChI is InChI=1S/C25H20FNO/c1-18-22(15-16-25(28)20-7-3-2-4-8-20)23-9-5-6-10-24(23)27(18)17-19-11-13-21(26)14-12-19/h2-16H,17H2,1H3/b16-15+. The fourth-order valence-electron chi connectivity index (χ4n) is 3.50. The van der Waals surface area contributed by atoms with E-state index in [4.69, 9.17) is 0 Å². The van der Waals surface area contributed by atoms with Crippen LogP contribution in [0.25, 0.3) is 17.0 Å². The predicted octanol–water partition coefficient (Wildman–Crippen LogP) is 6.03. The first-order chi connectivity index (χ1) is 13.6. The van der Waals surface area contributed by atoms with Gasteiger partial charge in [-0.2, -0.15) is 0 Å². The van der Waals surface area contributed by atoms with Gasteiger partial charge in [0.2, 0.25) is 0 Å². The Morgan fingerprint density at radius 1 is 0.929 bits per heavy atom. The molecule has 0 saturated carbocycles. The third-order valence-corrected chi connectivity index (χ3v) is 4.99. The lowest BCUT2D eigenvalue weighted by Gasteiger charge is -2.09. The minimum absolute atomic E-state index is 0.0182. The van der Waals surface area contributed by atoms with Crippen LogP contribution in [0.4, 0.5) is 4.39 Å². The number of fused-ring (bicyclic) bond motifs is 1. The highest BCUT2D eigenvalue weighted by molar-refractivity contribution is 6.08. The van der Waals surface area contributed by atoms with Crippen LogP contribution in [0.5, 0.6) is 0 Å². The zero-order valence-corrected chi connectivity index (χ0v) is 15.6. The van der Waals surface area contributed by atoms with Crippen LogP contribution >= 0.6 is 0 Å². The number of carbonyl (C=O) groups excluding carboxylic acids is 1. The van der Waals surface area contributed by atoms with E-state index < -0.39 is 0 Å². The number of nitrogens with zero attached hydrogens (tertiary/aromatic N) is 1. The number of hydrogen-bond donors (Lipinski definition) is 0. The van der Waals surface area contributed by atoms with Crippen LogP contribution in [-0.2, 0) is 6.54 Å². The van der Waals surface area contributed by atoms with Crippen LogP contribution < -0.4 is 0 Å². The van der Waals surface area contributed by atoms with Crippen LogP contribution in [0.2, 0.25) is 0 Å². The molecular weight excluding hydrogens is 349 g/mol. The highest BCUT2D eigenvalue weighted by atomic mass is 19.1. The van der Waals surface area contributed by atoms with Gasteiger partial charge in [0.25, 0.3) is 0 Å². The molecule has 4 rings (SSSR count). The molecule has 0 radical (unpaired) electrons. The second kappa shape index (κ2) is 7.65. The molecular formula is C25H20FNO. The van der Waals surface area contributed by atoms with Gasteiger partial charge in [-0.1, -0.05) is 60.7 Å². The molecule has 1 aromatic heterocycles. The molecule has 28 heavy (non-hydrogen) atoms. The molecule has 0 saturated heterocycles. The van der Waals surface area contributed by atoms with Crippen molar-refractivity contribution < 1.29 is 9.18 Å². The van der Waals surface area contributed by atoms with Crippen LogP contribution in [0.3, 0.4) is 0 Å². The van der Waals surface area contributed by atoms with E-state index >= 15 is 0 Å². The summed E-state index contributed by atoms with van der Waals surface area (Å²) in [6, 6.07) is 24.0. The van der Waals surface area contributed by atoms with Gasteiger partial charge >= 0.3 is 0 Å². The van der Waals surface area contributed by atoms with Crippen molar-refractivity contribution in [3.8, 4) is 0 Å². The SMILES string of the molecule is Cc1c(/C=C/C(=O)c2ccccc2)c2ccccc2n1Cc1ccc(F)cc1. The van der Waals surface area contributed by atoms with E-state index in [1.165, 1.54) is 12.1 Å². The van der Waals surface area contributed by atoms with Crippen LogP contribution in [0, 0.1) is 12.7 Å². The maximum atomic E-state index is 13.2. The molecule has 0 aliphatic heterocycles. The van der Waals surface area contributed by atoms with Gasteiger partial charge in [0.05, 0.1) is 0 Å². The maximum Gasteiger partial charge on any atom is 0.185 e. The molecule has 0 aliphatic rings. The van der Waals surface area contributed by atoms with E-state index in [0.29, 0.717) is 12.1 Å². The van der Waals surface area contributed by atoms with Crippen molar-refractivity contribution in [2.45, 2.75) is 13.5 Å². The van der Waals surface area contributed by atoms with Gasteiger partial charge in [-0.15, -0.1) is 0 Å². The van der Waals surface area contributed by atoms with Gasteiger partial charge in [0, 0.05) is 34.3 Å². The second-order valence-electron chi connectivity index (χ2n) is 6.79. The van der Waals surface area contributed by atoms with E-state index in [9.17, 15) is 9.18 Å². The average molecular weight is 369 g/mol. The molecule has 2 nitrogen and oxygen atoms in total. The summed E-state index contributed by atoms with van der Waals surface area (Å²) in [4.78, 5) is 12.5. The fourth-order valence-corrected chi connectivity index (χ4v) is 3.50. The van der Waals surface area contributed by atoms with E-state index in [1.54, 1.807) is 18.2 Å². The number of hydrogen-bond acceptors (Lipinski definition) is 1. The van der Waals surface area contributed by atoms with E-state index in [-0.39, 0.29) is 11.6 Å². The Morgan fingerprint density at radius 2 is 1.61 bits per heavy atom. The van der Waals surface area contributed by atoms with Crippen LogP contribution in [-0.4, -0.2) is 10.4 Å². The molecule has 0 atom stereocenters. The first kappa shape index (κ1) is 17.9. The lowest BCUT2D eigenvalue weighted by Crippen LogP contribution is -2.02. The zero-order valence-electron chi connectivity index (χ0n) is 15.6. The smallest absolute Gasteiger partial charge is 0.185 e. The molecule has 4 aromatic rings. The van der Waals surface area contributed by atoms with E-state index in [2.05, 4.69) is 23.6 Å². The summed E-state index contributed by atoms with van der Waals surface area (Å²) in [5, 5.41) is 1.10. The van der Waals surface area contributed by atoms with Crippen molar-refractivity contribution in [2.24, 2.45) is 0 Å². The Labute approximate surface area is 163 Å². The Morgan fingerprint density at radius 3 is 2.36 bits per heavy atom. The molecule has 0 N–H and O–H groups in total. The molecule has 0 unspecified atom stereocenters. The van der Waals surface area contributed by atoms with E-state index in [1.807, 2.05) is 48.5 Å². The lowest BCUT2D eigenvalue weighted by atomic mass is 10.1. The normalized spacial score (nSPS) is 11.4. The molecule has 0 aliphatic carbocycles. The summed E-state index contributed by atoms with van der Waals surface area (Å²) in [7, 11) is 0. The quantitative estimate of drug-likeness (QED) is 0.311. The molecule has 3 aromatic carbocycles. The second-order valence-corrected chi connectivity index (χ2v) is 6.79. The molecule has 1 heterocycles. The Kier molecular flexibility index (Phi) is 4.90. The van der Waals surface area contributed by atoms with Crippen molar-refractivity contribution in [1.82, 2.24) is 4.57 Å². The Balaban J connectivity index is 1.73. The summed E-state index contributed by atoms with van der Waals surface area (Å²) >= 11 is 0. The highest BCUT2D eigenvalue weighted by Gasteiger charge is 2.12. The predicted molar refractivity (Wildman–Crippen MR) is 112 cm³/mol. The number of rotatable bonds is 5. The van der Waals surface area contributed by atoms with Gasteiger partial charge < -0.3 is 4.57 Å². The van der Waals surface area contributed by atoms with Gasteiger partial charge in [0.15, 0.2) is 5.78 Å². The van der Waals surface area contributed by atoms with Crippen LogP contribution in [0.1, 0.15) is 27.2 Å². The zero-order chi connectivity index (χ0) is 19.5. The molecule has 0 spiro atoms. The third-order valence-electron chi connectivity index (χ3n) is 4.99. The Bertz CT molecular complexity index is 1150. The fraction of sp³-hybridized carbons (Fsp3) is 0.0800. The van der Waals surface area contributed by atoms with Crippen molar-refractivity contribution in [2.75, 3.05) is 0 Å². The topological polar surface area (TPSA) is 22.0 Å². The lowest BCUT2D eigenvalue weighted by molar-refractivity contribution is 0.104. The molecule has 0 amide bonds. The molecule has 0 bridgehead atoms. The van der Waals surface area contributed by atoms with Gasteiger partial charge in [0.1, 0.15) is 5.82 Å². The monoisotopic (exact) mass is 369 g/mol. The highest BCUT2D eigenvalue weighted by Crippen LogP contribution is 2.28. The van der Waals surface area contributed by atoms with Crippen LogP contribution in [0.15, 0.2) is 84.9 Å². The molecule has 0 fully saturated rings. The first-order valence-corrected chi connectivity index (χ1v) is 9.23. The Hall–Kier alpha value is -3.46. The van der Waals surface area contributed by atoms with Gasteiger partial charge in [-0.3, -0.25) is 4.79 Å². The number of para-hydroxylation sites is 1. The van der Waals surface area contributed by atoms with Crippen molar-refractivity contribution in [1.29, 1.82) is 0 Å². The van der Waals surface area contributed by atoms with Gasteiger partial charge in [-0.05, 0) is 42.8 Å². The van der Waals surface area contributed by atoms with Crippen molar-refractivity contribution in [3.05, 3.63) is 113 Å². The minimum Gasteiger partial charge on any atom is -0.340 e.